The quantitative estimate of drug-likeness (QED) is 0.505. The van der Waals surface area contributed by atoms with Crippen LogP contribution in [0.5, 0.6) is 0 Å². The van der Waals surface area contributed by atoms with Crippen molar-refractivity contribution in [3.63, 3.8) is 0 Å². The number of benzene rings is 2. The number of ether oxygens (including phenoxy) is 1. The summed E-state index contributed by atoms with van der Waals surface area (Å²) in [6.07, 6.45) is -4.90. The van der Waals surface area contributed by atoms with Gasteiger partial charge in [0.1, 0.15) is 9.88 Å². The number of rotatable bonds is 5. The third-order valence-electron chi connectivity index (χ3n) is 4.52. The highest BCUT2D eigenvalue weighted by Crippen LogP contribution is 2.33. The molecule has 168 valence electrons. The summed E-state index contributed by atoms with van der Waals surface area (Å²) in [5.74, 6) is -0.385. The van der Waals surface area contributed by atoms with Crippen LogP contribution in [0.2, 0.25) is 0 Å². The lowest BCUT2D eigenvalue weighted by Gasteiger charge is -2.16. The molecule has 0 atom stereocenters. The van der Waals surface area contributed by atoms with Crippen LogP contribution in [0, 0.1) is 6.92 Å². The zero-order chi connectivity index (χ0) is 23.5. The lowest BCUT2D eigenvalue weighted by atomic mass is 10.1. The fourth-order valence-corrected chi connectivity index (χ4v) is 3.78. The second-order valence-corrected chi connectivity index (χ2v) is 7.77. The molecule has 3 aromatic rings. The fourth-order valence-electron chi connectivity index (χ4n) is 2.81. The Bertz CT molecular complexity index is 1110. The molecule has 0 aliphatic carbocycles. The summed E-state index contributed by atoms with van der Waals surface area (Å²) in [7, 11) is 1.58. The number of hydrogen-bond acceptors (Lipinski definition) is 5. The maximum absolute atomic E-state index is 12.8. The van der Waals surface area contributed by atoms with Crippen LogP contribution in [-0.2, 0) is 10.9 Å². The zero-order valence-electron chi connectivity index (χ0n) is 17.5. The molecule has 0 fully saturated rings. The average molecular weight is 463 g/mol. The summed E-state index contributed by atoms with van der Waals surface area (Å²) in [6, 6.07) is 11.3. The van der Waals surface area contributed by atoms with Crippen LogP contribution >= 0.6 is 11.3 Å². The van der Waals surface area contributed by atoms with Crippen molar-refractivity contribution in [3.8, 4) is 10.6 Å². The van der Waals surface area contributed by atoms with Crippen molar-refractivity contribution in [1.82, 2.24) is 4.98 Å². The van der Waals surface area contributed by atoms with Gasteiger partial charge in [-0.25, -0.2) is 9.78 Å². The van der Waals surface area contributed by atoms with Gasteiger partial charge in [-0.05, 0) is 50.2 Å². The minimum Gasteiger partial charge on any atom is -0.449 e. The van der Waals surface area contributed by atoms with E-state index in [1.54, 1.807) is 45.2 Å². The Morgan fingerprint density at radius 3 is 2.28 bits per heavy atom. The van der Waals surface area contributed by atoms with E-state index in [0.717, 1.165) is 23.5 Å². The third kappa shape index (κ3) is 5.25. The predicted molar refractivity (Wildman–Crippen MR) is 117 cm³/mol. The Hall–Kier alpha value is -3.40. The largest absolute Gasteiger partial charge is 0.449 e. The van der Waals surface area contributed by atoms with Crippen LogP contribution < -0.4 is 10.2 Å². The number of carbonyl (C=O) groups excluding carboxylic acids is 2. The van der Waals surface area contributed by atoms with Crippen LogP contribution in [-0.4, -0.2) is 30.6 Å². The van der Waals surface area contributed by atoms with Crippen molar-refractivity contribution in [2.24, 2.45) is 0 Å². The summed E-state index contributed by atoms with van der Waals surface area (Å²) in [4.78, 5) is 30.5. The van der Waals surface area contributed by atoms with Crippen molar-refractivity contribution in [3.05, 3.63) is 64.7 Å². The first-order chi connectivity index (χ1) is 15.1. The van der Waals surface area contributed by atoms with Crippen LogP contribution in [0.1, 0.15) is 27.9 Å². The number of thiazole rings is 1. The minimum atomic E-state index is -4.41. The highest BCUT2D eigenvalue weighted by atomic mass is 32.1. The SMILES string of the molecule is CCOC(=O)N(C)c1ccc(NC(=O)c2sc(-c3ccc(C(F)(F)F)cc3)nc2C)cc1. The first-order valence-corrected chi connectivity index (χ1v) is 10.4. The van der Waals surface area contributed by atoms with E-state index in [9.17, 15) is 22.8 Å². The van der Waals surface area contributed by atoms with E-state index in [0.29, 0.717) is 32.5 Å². The molecule has 1 N–H and O–H groups in total. The van der Waals surface area contributed by atoms with Crippen LogP contribution in [0.15, 0.2) is 48.5 Å². The van der Waals surface area contributed by atoms with E-state index in [4.69, 9.17) is 4.74 Å². The molecule has 1 heterocycles. The number of aryl methyl sites for hydroxylation is 1. The monoisotopic (exact) mass is 463 g/mol. The van der Waals surface area contributed by atoms with E-state index in [-0.39, 0.29) is 12.5 Å². The second-order valence-electron chi connectivity index (χ2n) is 6.77. The molecule has 0 aliphatic rings. The molecule has 0 aliphatic heterocycles. The minimum absolute atomic E-state index is 0.264. The van der Waals surface area contributed by atoms with Gasteiger partial charge >= 0.3 is 12.3 Å². The number of nitrogens with zero attached hydrogens (tertiary/aromatic N) is 2. The second kappa shape index (κ2) is 9.39. The van der Waals surface area contributed by atoms with Gasteiger partial charge in [0.15, 0.2) is 0 Å². The van der Waals surface area contributed by atoms with Crippen molar-refractivity contribution in [2.75, 3.05) is 23.9 Å². The molecule has 0 bridgehead atoms. The summed E-state index contributed by atoms with van der Waals surface area (Å²) in [5, 5.41) is 3.21. The molecular formula is C22H20F3N3O3S. The van der Waals surface area contributed by atoms with Gasteiger partial charge < -0.3 is 10.1 Å². The highest BCUT2D eigenvalue weighted by Gasteiger charge is 2.30. The van der Waals surface area contributed by atoms with E-state index in [1.165, 1.54) is 17.0 Å². The Morgan fingerprint density at radius 1 is 1.09 bits per heavy atom. The highest BCUT2D eigenvalue weighted by molar-refractivity contribution is 7.17. The van der Waals surface area contributed by atoms with Gasteiger partial charge in [0.05, 0.1) is 17.9 Å². The van der Waals surface area contributed by atoms with Crippen molar-refractivity contribution >= 4 is 34.7 Å². The number of hydrogen-bond donors (Lipinski definition) is 1. The van der Waals surface area contributed by atoms with Crippen molar-refractivity contribution in [1.29, 1.82) is 0 Å². The lowest BCUT2D eigenvalue weighted by molar-refractivity contribution is -0.137. The van der Waals surface area contributed by atoms with Crippen molar-refractivity contribution in [2.45, 2.75) is 20.0 Å². The number of alkyl halides is 3. The first kappa shape index (κ1) is 23.3. The molecule has 32 heavy (non-hydrogen) atoms. The number of anilines is 2. The van der Waals surface area contributed by atoms with Crippen LogP contribution in [0.25, 0.3) is 10.6 Å². The molecule has 0 saturated carbocycles. The standard InChI is InChI=1S/C22H20F3N3O3S/c1-4-31-21(30)28(3)17-11-9-16(10-12-17)27-19(29)18-13(2)26-20(32-18)14-5-7-15(8-6-14)22(23,24)25/h5-12H,4H2,1-3H3,(H,27,29). The molecule has 6 nitrogen and oxygen atoms in total. The lowest BCUT2D eigenvalue weighted by Crippen LogP contribution is -2.26. The summed E-state index contributed by atoms with van der Waals surface area (Å²) in [6.45, 7) is 3.64. The number of halogens is 3. The molecule has 0 radical (unpaired) electrons. The Morgan fingerprint density at radius 2 is 1.72 bits per heavy atom. The van der Waals surface area contributed by atoms with E-state index >= 15 is 0 Å². The fraction of sp³-hybridized carbons (Fsp3) is 0.227. The molecule has 2 amide bonds. The summed E-state index contributed by atoms with van der Waals surface area (Å²) < 4.78 is 43.2. The molecule has 0 unspecified atom stereocenters. The van der Waals surface area contributed by atoms with Gasteiger partial charge in [0.25, 0.3) is 5.91 Å². The van der Waals surface area contributed by atoms with E-state index in [1.807, 2.05) is 0 Å². The van der Waals surface area contributed by atoms with Gasteiger partial charge in [-0.1, -0.05) is 12.1 Å². The Balaban J connectivity index is 1.72. The maximum atomic E-state index is 12.8. The molecular weight excluding hydrogens is 443 g/mol. The van der Waals surface area contributed by atoms with Crippen molar-refractivity contribution < 1.29 is 27.5 Å². The number of nitrogens with one attached hydrogen (secondary N) is 1. The molecule has 2 aromatic carbocycles. The molecule has 1 aromatic heterocycles. The van der Waals surface area contributed by atoms with Gasteiger partial charge in [0.2, 0.25) is 0 Å². The topological polar surface area (TPSA) is 71.5 Å². The van der Waals surface area contributed by atoms with Crippen LogP contribution in [0.4, 0.5) is 29.3 Å². The molecule has 0 saturated heterocycles. The molecule has 10 heteroatoms. The maximum Gasteiger partial charge on any atom is 0.416 e. The average Bonchev–Trinajstić information content (AvgIpc) is 3.15. The smallest absolute Gasteiger partial charge is 0.416 e. The normalized spacial score (nSPS) is 11.2. The number of carbonyl (C=O) groups is 2. The molecule has 0 spiro atoms. The Labute approximate surface area is 186 Å². The predicted octanol–water partition coefficient (Wildman–Crippen LogP) is 5.98. The number of aromatic nitrogens is 1. The number of amides is 2. The Kier molecular flexibility index (Phi) is 6.83. The van der Waals surface area contributed by atoms with Gasteiger partial charge in [-0.2, -0.15) is 13.2 Å². The first-order valence-electron chi connectivity index (χ1n) is 9.57. The third-order valence-corrected chi connectivity index (χ3v) is 5.72. The zero-order valence-corrected chi connectivity index (χ0v) is 18.3. The van der Waals surface area contributed by atoms with E-state index < -0.39 is 17.8 Å². The van der Waals surface area contributed by atoms with E-state index in [2.05, 4.69) is 10.3 Å². The van der Waals surface area contributed by atoms with Gasteiger partial charge in [-0.15, -0.1) is 11.3 Å². The van der Waals surface area contributed by atoms with Crippen LogP contribution in [0.3, 0.4) is 0 Å². The van der Waals surface area contributed by atoms with Gasteiger partial charge in [0, 0.05) is 24.0 Å². The summed E-state index contributed by atoms with van der Waals surface area (Å²) >= 11 is 1.10. The molecule has 3 rings (SSSR count). The summed E-state index contributed by atoms with van der Waals surface area (Å²) in [5.41, 5.74) is 1.34. The van der Waals surface area contributed by atoms with Gasteiger partial charge in [-0.3, -0.25) is 9.69 Å².